The van der Waals surface area contributed by atoms with Crippen molar-refractivity contribution in [2.45, 2.75) is 19.4 Å². The van der Waals surface area contributed by atoms with E-state index < -0.39 is 0 Å². The number of aryl methyl sites for hydroxylation is 2. The van der Waals surface area contributed by atoms with Gasteiger partial charge in [0.15, 0.2) is 0 Å². The monoisotopic (exact) mass is 210 g/mol. The Labute approximate surface area is 92.6 Å². The Morgan fingerprint density at radius 3 is 3.06 bits per heavy atom. The van der Waals surface area contributed by atoms with Crippen LogP contribution < -0.4 is 5.56 Å². The number of hydrogen-bond acceptors (Lipinski definition) is 2. The molecule has 78 valence electrons. The molecule has 0 bridgehead atoms. The molecule has 2 aromatic rings. The van der Waals surface area contributed by atoms with Gasteiger partial charge < -0.3 is 4.57 Å². The molecule has 0 unspecified atom stereocenters. The summed E-state index contributed by atoms with van der Waals surface area (Å²) in [6.07, 6.45) is 1.99. The van der Waals surface area contributed by atoms with Gasteiger partial charge in [0.2, 0.25) is 0 Å². The molecule has 0 atom stereocenters. The summed E-state index contributed by atoms with van der Waals surface area (Å²) in [4.78, 5) is 12.0. The Balaban J connectivity index is 2.56. The molecule has 0 radical (unpaired) electrons. The molecule has 2 heterocycles. The number of benzene rings is 1. The molecule has 0 amide bonds. The Morgan fingerprint density at radius 1 is 1.38 bits per heavy atom. The molecule has 1 aliphatic rings. The molecule has 0 spiro atoms. The molecule has 3 nitrogen and oxygen atoms in total. The first-order valence-corrected chi connectivity index (χ1v) is 5.37. The number of pyridine rings is 1. The second kappa shape index (κ2) is 3.21. The molecule has 0 N–H and O–H groups in total. The van der Waals surface area contributed by atoms with E-state index in [1.54, 1.807) is 10.6 Å². The zero-order valence-electron chi connectivity index (χ0n) is 8.73. The molecule has 0 saturated carbocycles. The van der Waals surface area contributed by atoms with Gasteiger partial charge in [-0.1, -0.05) is 18.2 Å². The minimum absolute atomic E-state index is 0.151. The van der Waals surface area contributed by atoms with Crippen LogP contribution in [0.2, 0.25) is 0 Å². The number of nitrogens with zero attached hydrogens (tertiary/aromatic N) is 2. The number of nitriles is 1. The van der Waals surface area contributed by atoms with Crippen molar-refractivity contribution in [3.05, 3.63) is 45.7 Å². The summed E-state index contributed by atoms with van der Waals surface area (Å²) < 4.78 is 1.74. The maximum Gasteiger partial charge on any atom is 0.268 e. The maximum atomic E-state index is 12.0. The van der Waals surface area contributed by atoms with Crippen molar-refractivity contribution in [2.75, 3.05) is 0 Å². The molecule has 1 aliphatic heterocycles. The van der Waals surface area contributed by atoms with Crippen molar-refractivity contribution in [1.29, 1.82) is 5.26 Å². The molecule has 3 rings (SSSR count). The fraction of sp³-hybridized carbons (Fsp3) is 0.231. The van der Waals surface area contributed by atoms with E-state index in [-0.39, 0.29) is 11.1 Å². The Morgan fingerprint density at radius 2 is 2.25 bits per heavy atom. The van der Waals surface area contributed by atoms with E-state index >= 15 is 0 Å². The van der Waals surface area contributed by atoms with Crippen LogP contribution in [0.5, 0.6) is 0 Å². The van der Waals surface area contributed by atoms with Crippen LogP contribution in [0.1, 0.15) is 17.5 Å². The second-order valence-corrected chi connectivity index (χ2v) is 4.09. The molecule has 16 heavy (non-hydrogen) atoms. The van der Waals surface area contributed by atoms with Gasteiger partial charge in [-0.3, -0.25) is 4.79 Å². The SMILES string of the molecule is N#Cc1cc2cccc3c2n(c1=O)CCC3. The van der Waals surface area contributed by atoms with Gasteiger partial charge in [-0.15, -0.1) is 0 Å². The lowest BCUT2D eigenvalue weighted by atomic mass is 10.0. The quantitative estimate of drug-likeness (QED) is 0.665. The Bertz CT molecular complexity index is 677. The minimum atomic E-state index is -0.151. The van der Waals surface area contributed by atoms with E-state index in [4.69, 9.17) is 5.26 Å². The summed E-state index contributed by atoms with van der Waals surface area (Å²) in [5, 5.41) is 9.92. The number of para-hydroxylation sites is 1. The molecular formula is C13H10N2O. The lowest BCUT2D eigenvalue weighted by molar-refractivity contribution is 0.615. The summed E-state index contributed by atoms with van der Waals surface area (Å²) in [6.45, 7) is 0.724. The van der Waals surface area contributed by atoms with Crippen LogP contribution in [0.4, 0.5) is 0 Å². The first-order valence-electron chi connectivity index (χ1n) is 5.37. The summed E-state index contributed by atoms with van der Waals surface area (Å²) >= 11 is 0. The first kappa shape index (κ1) is 9.17. The van der Waals surface area contributed by atoms with Crippen LogP contribution in [0.15, 0.2) is 29.1 Å². The standard InChI is InChI=1S/C13H10N2O/c14-8-11-7-10-4-1-3-9-5-2-6-15(12(9)10)13(11)16/h1,3-4,7H,2,5-6H2. The second-order valence-electron chi connectivity index (χ2n) is 4.09. The Hall–Kier alpha value is -2.08. The van der Waals surface area contributed by atoms with Crippen molar-refractivity contribution >= 4 is 10.9 Å². The van der Waals surface area contributed by atoms with Crippen molar-refractivity contribution < 1.29 is 0 Å². The van der Waals surface area contributed by atoms with Gasteiger partial charge in [0, 0.05) is 11.9 Å². The molecule has 1 aromatic carbocycles. The van der Waals surface area contributed by atoms with Crippen molar-refractivity contribution in [3.8, 4) is 6.07 Å². The van der Waals surface area contributed by atoms with E-state index in [2.05, 4.69) is 6.07 Å². The van der Waals surface area contributed by atoms with Crippen LogP contribution in [0.25, 0.3) is 10.9 Å². The van der Waals surface area contributed by atoms with Gasteiger partial charge in [0.1, 0.15) is 11.6 Å². The van der Waals surface area contributed by atoms with E-state index in [0.29, 0.717) is 0 Å². The molecule has 0 aliphatic carbocycles. The summed E-state index contributed by atoms with van der Waals surface area (Å²) in [7, 11) is 0. The average molecular weight is 210 g/mol. The summed E-state index contributed by atoms with van der Waals surface area (Å²) in [6, 6.07) is 9.67. The number of aromatic nitrogens is 1. The number of rotatable bonds is 0. The minimum Gasteiger partial charge on any atom is -0.307 e. The van der Waals surface area contributed by atoms with Crippen LogP contribution >= 0.6 is 0 Å². The van der Waals surface area contributed by atoms with Crippen molar-refractivity contribution in [2.24, 2.45) is 0 Å². The summed E-state index contributed by atoms with van der Waals surface area (Å²) in [5.74, 6) is 0. The van der Waals surface area contributed by atoms with E-state index in [0.717, 1.165) is 30.3 Å². The van der Waals surface area contributed by atoms with Gasteiger partial charge >= 0.3 is 0 Å². The lowest BCUT2D eigenvalue weighted by Gasteiger charge is -2.19. The highest BCUT2D eigenvalue weighted by Gasteiger charge is 2.15. The fourth-order valence-corrected chi connectivity index (χ4v) is 2.44. The van der Waals surface area contributed by atoms with Gasteiger partial charge in [-0.25, -0.2) is 0 Å². The van der Waals surface area contributed by atoms with Crippen molar-refractivity contribution in [3.63, 3.8) is 0 Å². The molecular weight excluding hydrogens is 200 g/mol. The van der Waals surface area contributed by atoms with Crippen LogP contribution in [0, 0.1) is 11.3 Å². The smallest absolute Gasteiger partial charge is 0.268 e. The van der Waals surface area contributed by atoms with Gasteiger partial charge in [0.25, 0.3) is 5.56 Å². The van der Waals surface area contributed by atoms with Gasteiger partial charge in [-0.05, 0) is 24.5 Å². The highest BCUT2D eigenvalue weighted by Crippen LogP contribution is 2.23. The van der Waals surface area contributed by atoms with E-state index in [9.17, 15) is 4.79 Å². The van der Waals surface area contributed by atoms with Crippen LogP contribution in [-0.4, -0.2) is 4.57 Å². The molecule has 0 saturated heterocycles. The third-order valence-corrected chi connectivity index (χ3v) is 3.14. The molecule has 1 aromatic heterocycles. The average Bonchev–Trinajstić information content (AvgIpc) is 2.33. The predicted molar refractivity (Wildman–Crippen MR) is 61.2 cm³/mol. The van der Waals surface area contributed by atoms with E-state index in [1.165, 1.54) is 5.56 Å². The fourth-order valence-electron chi connectivity index (χ4n) is 2.44. The zero-order valence-corrected chi connectivity index (χ0v) is 8.73. The number of hydrogen-bond donors (Lipinski definition) is 0. The maximum absolute atomic E-state index is 12.0. The normalized spacial score (nSPS) is 13.7. The topological polar surface area (TPSA) is 45.8 Å². The Kier molecular flexibility index (Phi) is 1.84. The first-order chi connectivity index (χ1) is 7.81. The van der Waals surface area contributed by atoms with Crippen LogP contribution in [-0.2, 0) is 13.0 Å². The third-order valence-electron chi connectivity index (χ3n) is 3.14. The highest BCUT2D eigenvalue weighted by molar-refractivity contribution is 5.83. The van der Waals surface area contributed by atoms with Crippen molar-refractivity contribution in [1.82, 2.24) is 4.57 Å². The van der Waals surface area contributed by atoms with Crippen LogP contribution in [0.3, 0.4) is 0 Å². The summed E-state index contributed by atoms with van der Waals surface area (Å²) in [5.41, 5.74) is 2.32. The molecule has 0 fully saturated rings. The van der Waals surface area contributed by atoms with Gasteiger partial charge in [0.05, 0.1) is 5.52 Å². The van der Waals surface area contributed by atoms with Gasteiger partial charge in [-0.2, -0.15) is 5.26 Å². The highest BCUT2D eigenvalue weighted by atomic mass is 16.1. The predicted octanol–water partition coefficient (Wildman–Crippen LogP) is 1.82. The largest absolute Gasteiger partial charge is 0.307 e. The lowest BCUT2D eigenvalue weighted by Crippen LogP contribution is -2.26. The van der Waals surface area contributed by atoms with E-state index in [1.807, 2.05) is 18.2 Å². The molecule has 3 heteroatoms. The zero-order chi connectivity index (χ0) is 11.1. The third kappa shape index (κ3) is 1.10.